The van der Waals surface area contributed by atoms with Gasteiger partial charge in [0.1, 0.15) is 18.8 Å². The lowest BCUT2D eigenvalue weighted by molar-refractivity contribution is -0.277. The molecule has 0 aromatic rings. The van der Waals surface area contributed by atoms with Gasteiger partial charge in [0.25, 0.3) is 0 Å². The summed E-state index contributed by atoms with van der Waals surface area (Å²) in [5.74, 6) is -2.26. The standard InChI is InChI=1S/C24H41NO10/c1-6-7-12-30-13-10-8-9-11-14-31-24-21(25-16(2)26)23(34-19(5)29)22(33-18(4)28)20(35-24)15-32-17(3)27/h20-24H,6-15H2,1-5H3,(H,25,26)/t20?,21-,22-,23?,24+/m0/s1. The van der Waals surface area contributed by atoms with Gasteiger partial charge in [0.05, 0.1) is 0 Å². The minimum atomic E-state index is -1.12. The highest BCUT2D eigenvalue weighted by atomic mass is 16.7. The van der Waals surface area contributed by atoms with Crippen molar-refractivity contribution in [3.63, 3.8) is 0 Å². The van der Waals surface area contributed by atoms with Gasteiger partial charge in [0.2, 0.25) is 5.91 Å². The molecule has 1 amide bonds. The van der Waals surface area contributed by atoms with E-state index >= 15 is 0 Å². The fraction of sp³-hybridized carbons (Fsp3) is 0.833. The van der Waals surface area contributed by atoms with Crippen LogP contribution in [0.3, 0.4) is 0 Å². The molecule has 0 saturated carbocycles. The molecule has 1 saturated heterocycles. The molecule has 0 spiro atoms. The molecule has 0 aromatic heterocycles. The van der Waals surface area contributed by atoms with Crippen LogP contribution in [-0.4, -0.2) is 80.9 Å². The first-order valence-corrected chi connectivity index (χ1v) is 12.2. The predicted molar refractivity (Wildman–Crippen MR) is 124 cm³/mol. The molecular formula is C24H41NO10. The SMILES string of the molecule is CCCCOCCCCCCO[C@@H]1OC(COC(C)=O)[C@H](OC(C)=O)C(OC(C)=O)[C@@H]1NC(C)=O. The first kappa shape index (κ1) is 30.8. The molecule has 11 nitrogen and oxygen atoms in total. The Kier molecular flexibility index (Phi) is 15.2. The van der Waals surface area contributed by atoms with E-state index in [1.165, 1.54) is 27.7 Å². The Morgan fingerprint density at radius 1 is 0.771 bits per heavy atom. The van der Waals surface area contributed by atoms with Crippen LogP contribution in [0, 0.1) is 0 Å². The molecular weight excluding hydrogens is 462 g/mol. The van der Waals surface area contributed by atoms with E-state index in [9.17, 15) is 19.2 Å². The minimum absolute atomic E-state index is 0.254. The number of rotatable bonds is 16. The molecule has 0 aliphatic carbocycles. The van der Waals surface area contributed by atoms with Crippen LogP contribution in [0.15, 0.2) is 0 Å². The summed E-state index contributed by atoms with van der Waals surface area (Å²) in [5.41, 5.74) is 0. The van der Waals surface area contributed by atoms with Crippen LogP contribution in [-0.2, 0) is 47.6 Å². The molecule has 1 heterocycles. The fourth-order valence-electron chi connectivity index (χ4n) is 3.64. The first-order valence-electron chi connectivity index (χ1n) is 12.2. The molecule has 1 aliphatic heterocycles. The number of nitrogens with one attached hydrogen (secondary N) is 1. The predicted octanol–water partition coefficient (Wildman–Crippen LogP) is 2.04. The summed E-state index contributed by atoms with van der Waals surface area (Å²) in [6.45, 7) is 8.64. The molecule has 1 rings (SSSR count). The van der Waals surface area contributed by atoms with Gasteiger partial charge in [-0.2, -0.15) is 0 Å². The summed E-state index contributed by atoms with van der Waals surface area (Å²) in [6.07, 6.45) is 1.54. The van der Waals surface area contributed by atoms with Crippen molar-refractivity contribution >= 4 is 23.8 Å². The van der Waals surface area contributed by atoms with Gasteiger partial charge in [-0.3, -0.25) is 19.2 Å². The summed E-state index contributed by atoms with van der Waals surface area (Å²) in [5, 5.41) is 2.68. The van der Waals surface area contributed by atoms with E-state index in [0.717, 1.165) is 51.7 Å². The molecule has 35 heavy (non-hydrogen) atoms. The Labute approximate surface area is 207 Å². The van der Waals surface area contributed by atoms with E-state index in [4.69, 9.17) is 28.4 Å². The number of carbonyl (C=O) groups is 4. The van der Waals surface area contributed by atoms with Crippen LogP contribution >= 0.6 is 0 Å². The molecule has 0 bridgehead atoms. The number of hydrogen-bond acceptors (Lipinski definition) is 10. The maximum absolute atomic E-state index is 11.9. The lowest BCUT2D eigenvalue weighted by Crippen LogP contribution is -2.66. The summed E-state index contributed by atoms with van der Waals surface area (Å²) in [4.78, 5) is 46.9. The van der Waals surface area contributed by atoms with Crippen molar-refractivity contribution in [1.82, 2.24) is 5.32 Å². The van der Waals surface area contributed by atoms with Gasteiger partial charge in [-0.25, -0.2) is 0 Å². The quantitative estimate of drug-likeness (QED) is 0.189. The van der Waals surface area contributed by atoms with E-state index in [1.807, 2.05) is 0 Å². The Bertz CT molecular complexity index is 671. The largest absolute Gasteiger partial charge is 0.463 e. The van der Waals surface area contributed by atoms with Crippen LogP contribution in [0.1, 0.15) is 73.1 Å². The molecule has 1 N–H and O–H groups in total. The van der Waals surface area contributed by atoms with E-state index in [2.05, 4.69) is 12.2 Å². The van der Waals surface area contributed by atoms with Crippen LogP contribution in [0.2, 0.25) is 0 Å². The summed E-state index contributed by atoms with van der Waals surface area (Å²) < 4.78 is 33.3. The van der Waals surface area contributed by atoms with Crippen molar-refractivity contribution in [2.75, 3.05) is 26.4 Å². The molecule has 1 aliphatic rings. The third kappa shape index (κ3) is 12.9. The summed E-state index contributed by atoms with van der Waals surface area (Å²) >= 11 is 0. The highest BCUT2D eigenvalue weighted by Gasteiger charge is 2.51. The number of carbonyl (C=O) groups excluding carboxylic acids is 4. The third-order valence-electron chi connectivity index (χ3n) is 5.18. The molecule has 1 fully saturated rings. The zero-order valence-corrected chi connectivity index (χ0v) is 21.5. The van der Waals surface area contributed by atoms with Gasteiger partial charge in [0.15, 0.2) is 18.5 Å². The van der Waals surface area contributed by atoms with Crippen LogP contribution in [0.4, 0.5) is 0 Å². The van der Waals surface area contributed by atoms with Crippen molar-refractivity contribution in [2.45, 2.75) is 104 Å². The van der Waals surface area contributed by atoms with E-state index in [-0.39, 0.29) is 6.61 Å². The Morgan fingerprint density at radius 2 is 1.37 bits per heavy atom. The van der Waals surface area contributed by atoms with E-state index in [1.54, 1.807) is 0 Å². The molecule has 0 radical (unpaired) electrons. The highest BCUT2D eigenvalue weighted by molar-refractivity contribution is 5.73. The third-order valence-corrected chi connectivity index (χ3v) is 5.18. The maximum Gasteiger partial charge on any atom is 0.303 e. The normalized spacial score (nSPS) is 23.9. The minimum Gasteiger partial charge on any atom is -0.463 e. The average Bonchev–Trinajstić information content (AvgIpc) is 2.76. The number of amides is 1. The van der Waals surface area contributed by atoms with Crippen LogP contribution in [0.5, 0.6) is 0 Å². The van der Waals surface area contributed by atoms with Gasteiger partial charge in [-0.1, -0.05) is 26.2 Å². The molecule has 202 valence electrons. The molecule has 2 unspecified atom stereocenters. The molecule has 0 aromatic carbocycles. The van der Waals surface area contributed by atoms with Gasteiger partial charge in [0, 0.05) is 47.5 Å². The average molecular weight is 504 g/mol. The number of esters is 3. The number of ether oxygens (including phenoxy) is 6. The van der Waals surface area contributed by atoms with Gasteiger partial charge >= 0.3 is 17.9 Å². The van der Waals surface area contributed by atoms with Crippen LogP contribution in [0.25, 0.3) is 0 Å². The smallest absolute Gasteiger partial charge is 0.303 e. The zero-order valence-electron chi connectivity index (χ0n) is 21.5. The Hall–Kier alpha value is -2.24. The maximum atomic E-state index is 11.9. The Balaban J connectivity index is 2.83. The zero-order chi connectivity index (χ0) is 26.2. The van der Waals surface area contributed by atoms with Crippen molar-refractivity contribution in [3.8, 4) is 0 Å². The van der Waals surface area contributed by atoms with Crippen molar-refractivity contribution < 1.29 is 47.6 Å². The second kappa shape index (κ2) is 17.2. The van der Waals surface area contributed by atoms with E-state index < -0.39 is 54.5 Å². The first-order chi connectivity index (χ1) is 16.6. The number of hydrogen-bond donors (Lipinski definition) is 1. The van der Waals surface area contributed by atoms with Gasteiger partial charge in [-0.15, -0.1) is 0 Å². The van der Waals surface area contributed by atoms with Gasteiger partial charge in [-0.05, 0) is 19.3 Å². The van der Waals surface area contributed by atoms with Crippen molar-refractivity contribution in [2.24, 2.45) is 0 Å². The van der Waals surface area contributed by atoms with E-state index in [0.29, 0.717) is 6.61 Å². The fourth-order valence-corrected chi connectivity index (χ4v) is 3.64. The lowest BCUT2D eigenvalue weighted by Gasteiger charge is -2.44. The second-order valence-corrected chi connectivity index (χ2v) is 8.47. The molecule has 5 atom stereocenters. The summed E-state index contributed by atoms with van der Waals surface area (Å²) in [6, 6.07) is -0.943. The lowest BCUT2D eigenvalue weighted by atomic mass is 9.96. The monoisotopic (exact) mass is 503 g/mol. The Morgan fingerprint density at radius 3 is 1.94 bits per heavy atom. The van der Waals surface area contributed by atoms with Crippen LogP contribution < -0.4 is 5.32 Å². The summed E-state index contributed by atoms with van der Waals surface area (Å²) in [7, 11) is 0. The highest BCUT2D eigenvalue weighted by Crippen LogP contribution is 2.28. The molecule has 11 heteroatoms. The van der Waals surface area contributed by atoms with Crippen molar-refractivity contribution in [3.05, 3.63) is 0 Å². The topological polar surface area (TPSA) is 136 Å². The van der Waals surface area contributed by atoms with Gasteiger partial charge < -0.3 is 33.7 Å². The second-order valence-electron chi connectivity index (χ2n) is 8.47. The van der Waals surface area contributed by atoms with Crippen molar-refractivity contribution in [1.29, 1.82) is 0 Å². The number of unbranched alkanes of at least 4 members (excludes halogenated alkanes) is 4.